The van der Waals surface area contributed by atoms with Crippen molar-refractivity contribution >= 4 is 0 Å². The Morgan fingerprint density at radius 2 is 1.74 bits per heavy atom. The number of hydrogen-bond acceptors (Lipinski definition) is 3. The van der Waals surface area contributed by atoms with Crippen LogP contribution in [0.2, 0.25) is 0 Å². The topological polar surface area (TPSA) is 35.5 Å². The van der Waals surface area contributed by atoms with Gasteiger partial charge in [-0.25, -0.2) is 0 Å². The van der Waals surface area contributed by atoms with E-state index in [2.05, 4.69) is 62.2 Å². The predicted molar refractivity (Wildman–Crippen MR) is 81.4 cm³/mol. The third-order valence-electron chi connectivity index (χ3n) is 3.60. The number of nitrogens with one attached hydrogen (secondary N) is 1. The lowest BCUT2D eigenvalue weighted by atomic mass is 10.1. The lowest BCUT2D eigenvalue weighted by molar-refractivity contribution is 0.114. The minimum atomic E-state index is -0.312. The van der Waals surface area contributed by atoms with Crippen molar-refractivity contribution in [1.29, 1.82) is 0 Å². The Morgan fingerprint density at radius 3 is 2.26 bits per heavy atom. The van der Waals surface area contributed by atoms with Gasteiger partial charge in [0.05, 0.1) is 6.10 Å². The molecule has 0 fully saturated rings. The van der Waals surface area contributed by atoms with E-state index in [9.17, 15) is 5.11 Å². The lowest BCUT2D eigenvalue weighted by Crippen LogP contribution is -2.38. The molecule has 0 aromatic heterocycles. The van der Waals surface area contributed by atoms with E-state index in [0.717, 1.165) is 19.6 Å². The summed E-state index contributed by atoms with van der Waals surface area (Å²) in [5.74, 6) is 0. The van der Waals surface area contributed by atoms with Gasteiger partial charge in [-0.3, -0.25) is 0 Å². The van der Waals surface area contributed by atoms with Crippen LogP contribution < -0.4 is 5.32 Å². The van der Waals surface area contributed by atoms with Gasteiger partial charge in [-0.15, -0.1) is 0 Å². The van der Waals surface area contributed by atoms with Crippen LogP contribution in [0.25, 0.3) is 0 Å². The Bertz CT molecular complexity index is 346. The highest BCUT2D eigenvalue weighted by Gasteiger charge is 2.11. The second-order valence-corrected chi connectivity index (χ2v) is 5.18. The van der Waals surface area contributed by atoms with Crippen molar-refractivity contribution in [3.05, 3.63) is 35.4 Å². The van der Waals surface area contributed by atoms with E-state index in [0.29, 0.717) is 6.54 Å². The van der Waals surface area contributed by atoms with Crippen molar-refractivity contribution in [1.82, 2.24) is 10.2 Å². The summed E-state index contributed by atoms with van der Waals surface area (Å²) in [5, 5.41) is 13.4. The van der Waals surface area contributed by atoms with Crippen LogP contribution in [0, 0.1) is 6.92 Å². The molecule has 0 spiro atoms. The molecular formula is C16H28N2O. The van der Waals surface area contributed by atoms with Crippen molar-refractivity contribution < 1.29 is 5.11 Å². The Labute approximate surface area is 117 Å². The van der Waals surface area contributed by atoms with Crippen LogP contribution in [0.3, 0.4) is 0 Å². The van der Waals surface area contributed by atoms with Crippen LogP contribution in [0.4, 0.5) is 0 Å². The molecule has 2 atom stereocenters. The molecule has 1 aromatic rings. The van der Waals surface area contributed by atoms with E-state index in [1.165, 1.54) is 11.1 Å². The first-order valence-corrected chi connectivity index (χ1v) is 7.27. The summed E-state index contributed by atoms with van der Waals surface area (Å²) in [6, 6.07) is 8.81. The fourth-order valence-corrected chi connectivity index (χ4v) is 2.13. The van der Waals surface area contributed by atoms with E-state index in [1.807, 2.05) is 0 Å². The van der Waals surface area contributed by atoms with Crippen LogP contribution in [0.15, 0.2) is 24.3 Å². The predicted octanol–water partition coefficient (Wildman–Crippen LogP) is 2.35. The monoisotopic (exact) mass is 264 g/mol. The van der Waals surface area contributed by atoms with Gasteiger partial charge in [-0.1, -0.05) is 43.7 Å². The van der Waals surface area contributed by atoms with Crippen molar-refractivity contribution in [2.75, 3.05) is 26.2 Å². The smallest absolute Gasteiger partial charge is 0.0791 e. The fraction of sp³-hybridized carbons (Fsp3) is 0.625. The first kappa shape index (κ1) is 16.2. The first-order chi connectivity index (χ1) is 9.06. The van der Waals surface area contributed by atoms with Gasteiger partial charge >= 0.3 is 0 Å². The summed E-state index contributed by atoms with van der Waals surface area (Å²) in [6.07, 6.45) is -0.312. The van der Waals surface area contributed by atoms with Crippen LogP contribution in [0.1, 0.15) is 37.9 Å². The largest absolute Gasteiger partial charge is 0.390 e. The van der Waals surface area contributed by atoms with Crippen LogP contribution in [0.5, 0.6) is 0 Å². The van der Waals surface area contributed by atoms with E-state index in [1.54, 1.807) is 0 Å². The quantitative estimate of drug-likeness (QED) is 0.756. The Kier molecular flexibility index (Phi) is 7.06. The van der Waals surface area contributed by atoms with E-state index < -0.39 is 0 Å². The van der Waals surface area contributed by atoms with Crippen LogP contribution in [-0.2, 0) is 0 Å². The molecule has 3 nitrogen and oxygen atoms in total. The summed E-state index contributed by atoms with van der Waals surface area (Å²) >= 11 is 0. The minimum Gasteiger partial charge on any atom is -0.390 e. The zero-order chi connectivity index (χ0) is 14.3. The van der Waals surface area contributed by atoms with Gasteiger partial charge in [-0.2, -0.15) is 0 Å². The van der Waals surface area contributed by atoms with Gasteiger partial charge < -0.3 is 15.3 Å². The molecule has 0 bridgehead atoms. The SMILES string of the molecule is CCN(CC)CC(O)CNC(C)c1ccc(C)cc1. The number of benzene rings is 1. The molecule has 0 saturated carbocycles. The minimum absolute atomic E-state index is 0.270. The molecule has 0 radical (unpaired) electrons. The standard InChI is InChI=1S/C16H28N2O/c1-5-18(6-2)12-16(19)11-17-14(4)15-9-7-13(3)8-10-15/h7-10,14,16-17,19H,5-6,11-12H2,1-4H3. The van der Waals surface area contributed by atoms with Gasteiger partial charge in [0, 0.05) is 19.1 Å². The molecule has 0 aliphatic carbocycles. The normalized spacial score (nSPS) is 14.6. The highest BCUT2D eigenvalue weighted by molar-refractivity contribution is 5.23. The second-order valence-electron chi connectivity index (χ2n) is 5.18. The molecule has 0 saturated heterocycles. The van der Waals surface area contributed by atoms with Crippen molar-refractivity contribution in [3.8, 4) is 0 Å². The van der Waals surface area contributed by atoms with Gasteiger partial charge in [0.1, 0.15) is 0 Å². The average molecular weight is 264 g/mol. The molecule has 2 unspecified atom stereocenters. The van der Waals surface area contributed by atoms with E-state index >= 15 is 0 Å². The molecule has 0 aliphatic rings. The highest BCUT2D eigenvalue weighted by Crippen LogP contribution is 2.12. The Hall–Kier alpha value is -0.900. The number of aliphatic hydroxyl groups is 1. The first-order valence-electron chi connectivity index (χ1n) is 7.27. The number of rotatable bonds is 8. The molecule has 3 heteroatoms. The molecule has 19 heavy (non-hydrogen) atoms. The molecule has 0 heterocycles. The maximum Gasteiger partial charge on any atom is 0.0791 e. The third kappa shape index (κ3) is 5.72. The molecule has 1 aromatic carbocycles. The molecule has 0 aliphatic heterocycles. The van der Waals surface area contributed by atoms with Gasteiger partial charge in [0.2, 0.25) is 0 Å². The van der Waals surface area contributed by atoms with Gasteiger partial charge in [-0.05, 0) is 32.5 Å². The highest BCUT2D eigenvalue weighted by atomic mass is 16.3. The summed E-state index contributed by atoms with van der Waals surface area (Å²) < 4.78 is 0. The number of hydrogen-bond donors (Lipinski definition) is 2. The van der Waals surface area contributed by atoms with Crippen molar-refractivity contribution in [2.45, 2.75) is 39.8 Å². The van der Waals surface area contributed by atoms with E-state index in [-0.39, 0.29) is 12.1 Å². The Morgan fingerprint density at radius 1 is 1.16 bits per heavy atom. The van der Waals surface area contributed by atoms with Crippen molar-refractivity contribution in [2.24, 2.45) is 0 Å². The second kappa shape index (κ2) is 8.31. The molecular weight excluding hydrogens is 236 g/mol. The van der Waals surface area contributed by atoms with Crippen LogP contribution >= 0.6 is 0 Å². The molecule has 108 valence electrons. The van der Waals surface area contributed by atoms with Gasteiger partial charge in [0.25, 0.3) is 0 Å². The summed E-state index contributed by atoms with van der Waals surface area (Å²) in [6.45, 7) is 11.8. The molecule has 2 N–H and O–H groups in total. The maximum atomic E-state index is 10.0. The third-order valence-corrected chi connectivity index (χ3v) is 3.60. The maximum absolute atomic E-state index is 10.0. The summed E-state index contributed by atoms with van der Waals surface area (Å²) in [5.41, 5.74) is 2.54. The zero-order valence-electron chi connectivity index (χ0n) is 12.7. The molecule has 0 amide bonds. The number of aryl methyl sites for hydroxylation is 1. The fourth-order valence-electron chi connectivity index (χ4n) is 2.13. The lowest BCUT2D eigenvalue weighted by Gasteiger charge is -2.23. The van der Waals surface area contributed by atoms with Crippen molar-refractivity contribution in [3.63, 3.8) is 0 Å². The molecule has 1 rings (SSSR count). The van der Waals surface area contributed by atoms with Gasteiger partial charge in [0.15, 0.2) is 0 Å². The summed E-state index contributed by atoms with van der Waals surface area (Å²) in [7, 11) is 0. The number of nitrogens with zero attached hydrogens (tertiary/aromatic N) is 1. The summed E-state index contributed by atoms with van der Waals surface area (Å²) in [4.78, 5) is 2.24. The zero-order valence-corrected chi connectivity index (χ0v) is 12.7. The van der Waals surface area contributed by atoms with E-state index in [4.69, 9.17) is 0 Å². The van der Waals surface area contributed by atoms with Crippen LogP contribution in [-0.4, -0.2) is 42.3 Å². The average Bonchev–Trinajstić information content (AvgIpc) is 2.43. The number of aliphatic hydroxyl groups excluding tert-OH is 1. The number of likely N-dealkylation sites (N-methyl/N-ethyl adjacent to an activating group) is 1. The Balaban J connectivity index is 2.37.